The predicted molar refractivity (Wildman–Crippen MR) is 57.3 cm³/mol. The molecule has 0 bridgehead atoms. The number of aliphatic hydroxyl groups is 1. The van der Waals surface area contributed by atoms with Crippen LogP contribution in [0.4, 0.5) is 4.39 Å². The van der Waals surface area contributed by atoms with E-state index in [1.54, 1.807) is 0 Å². The van der Waals surface area contributed by atoms with E-state index in [4.69, 9.17) is 4.74 Å². The number of hydrogen-bond donors (Lipinski definition) is 1. The van der Waals surface area contributed by atoms with Gasteiger partial charge in [0.25, 0.3) is 0 Å². The highest BCUT2D eigenvalue weighted by molar-refractivity contribution is 5.20. The molecular formula is C12H16FNO2. The molecule has 4 heteroatoms. The fraction of sp³-hybridized carbons (Fsp3) is 0.583. The number of ether oxygens (including phenoxy) is 1. The Kier molecular flexibility index (Phi) is 2.95. The van der Waals surface area contributed by atoms with Crippen LogP contribution in [0.1, 0.15) is 32.3 Å². The minimum atomic E-state index is -1.02. The second-order valence-corrected chi connectivity index (χ2v) is 4.59. The van der Waals surface area contributed by atoms with Crippen molar-refractivity contribution < 1.29 is 14.2 Å². The second-order valence-electron chi connectivity index (χ2n) is 4.59. The maximum Gasteiger partial charge on any atom is 0.141 e. The third-order valence-electron chi connectivity index (χ3n) is 2.96. The van der Waals surface area contributed by atoms with Gasteiger partial charge in [-0.3, -0.25) is 4.98 Å². The molecule has 0 radical (unpaired) electrons. The zero-order valence-corrected chi connectivity index (χ0v) is 9.48. The molecule has 0 saturated carbocycles. The molecule has 16 heavy (non-hydrogen) atoms. The van der Waals surface area contributed by atoms with E-state index in [9.17, 15) is 9.50 Å². The monoisotopic (exact) mass is 225 g/mol. The average Bonchev–Trinajstić information content (AvgIpc) is 2.15. The predicted octanol–water partition coefficient (Wildman–Crippen LogP) is 2.00. The van der Waals surface area contributed by atoms with E-state index in [1.165, 1.54) is 12.3 Å². The summed E-state index contributed by atoms with van der Waals surface area (Å²) in [5, 5.41) is 10.5. The Balaban J connectivity index is 2.30. The first-order chi connectivity index (χ1) is 7.49. The van der Waals surface area contributed by atoms with Crippen LogP contribution >= 0.6 is 0 Å². The average molecular weight is 225 g/mol. The van der Waals surface area contributed by atoms with E-state index in [0.29, 0.717) is 18.4 Å². The van der Waals surface area contributed by atoms with Gasteiger partial charge in [-0.15, -0.1) is 0 Å². The molecule has 1 fully saturated rings. The van der Waals surface area contributed by atoms with Crippen molar-refractivity contribution in [3.8, 4) is 0 Å². The van der Waals surface area contributed by atoms with Crippen LogP contribution < -0.4 is 0 Å². The Hall–Kier alpha value is -1.00. The maximum atomic E-state index is 13.1. The van der Waals surface area contributed by atoms with Gasteiger partial charge in [0.05, 0.1) is 24.0 Å². The first kappa shape index (κ1) is 11.5. The summed E-state index contributed by atoms with van der Waals surface area (Å²) in [5.74, 6) is -0.419. The van der Waals surface area contributed by atoms with Crippen LogP contribution in [0.15, 0.2) is 18.5 Å². The molecule has 1 N–H and O–H groups in total. The van der Waals surface area contributed by atoms with Crippen molar-refractivity contribution in [3.05, 3.63) is 29.8 Å². The van der Waals surface area contributed by atoms with Crippen molar-refractivity contribution in [1.82, 2.24) is 4.98 Å². The van der Waals surface area contributed by atoms with E-state index < -0.39 is 11.4 Å². The van der Waals surface area contributed by atoms with E-state index in [-0.39, 0.29) is 12.2 Å². The Morgan fingerprint density at radius 1 is 1.38 bits per heavy atom. The van der Waals surface area contributed by atoms with E-state index in [2.05, 4.69) is 4.98 Å². The maximum absolute atomic E-state index is 13.1. The van der Waals surface area contributed by atoms with Gasteiger partial charge in [0, 0.05) is 24.6 Å². The molecule has 2 heterocycles. The standard InChI is InChI=1S/C12H16FNO2/c1-8-4-12(15,5-9(2)16-8)10-3-11(13)7-14-6-10/h3,6-9,15H,4-5H2,1-2H3. The highest BCUT2D eigenvalue weighted by Gasteiger charge is 2.38. The first-order valence-corrected chi connectivity index (χ1v) is 5.48. The summed E-state index contributed by atoms with van der Waals surface area (Å²) in [6, 6.07) is 1.34. The molecule has 0 amide bonds. The molecule has 1 aromatic rings. The summed E-state index contributed by atoms with van der Waals surface area (Å²) in [4.78, 5) is 3.78. The number of hydrogen-bond acceptors (Lipinski definition) is 3. The van der Waals surface area contributed by atoms with Gasteiger partial charge in [0.1, 0.15) is 5.82 Å². The highest BCUT2D eigenvalue weighted by atomic mass is 19.1. The largest absolute Gasteiger partial charge is 0.385 e. The van der Waals surface area contributed by atoms with Crippen molar-refractivity contribution in [2.24, 2.45) is 0 Å². The topological polar surface area (TPSA) is 42.4 Å². The quantitative estimate of drug-likeness (QED) is 0.794. The number of rotatable bonds is 1. The van der Waals surface area contributed by atoms with Crippen LogP contribution in [0.2, 0.25) is 0 Å². The molecule has 1 aliphatic heterocycles. The lowest BCUT2D eigenvalue weighted by Gasteiger charge is -2.39. The minimum absolute atomic E-state index is 0.0305. The molecule has 0 spiro atoms. The summed E-state index contributed by atoms with van der Waals surface area (Å²) in [7, 11) is 0. The minimum Gasteiger partial charge on any atom is -0.385 e. The lowest BCUT2D eigenvalue weighted by Crippen LogP contribution is -2.41. The van der Waals surface area contributed by atoms with Crippen LogP contribution in [0.5, 0.6) is 0 Å². The van der Waals surface area contributed by atoms with Gasteiger partial charge >= 0.3 is 0 Å². The van der Waals surface area contributed by atoms with Crippen LogP contribution in [0, 0.1) is 5.82 Å². The van der Waals surface area contributed by atoms with E-state index in [1.807, 2.05) is 13.8 Å². The highest BCUT2D eigenvalue weighted by Crippen LogP contribution is 2.37. The van der Waals surface area contributed by atoms with Gasteiger partial charge < -0.3 is 9.84 Å². The molecule has 3 nitrogen and oxygen atoms in total. The molecule has 2 atom stereocenters. The molecule has 1 saturated heterocycles. The molecule has 1 aromatic heterocycles. The second kappa shape index (κ2) is 4.11. The zero-order valence-electron chi connectivity index (χ0n) is 9.48. The normalized spacial score (nSPS) is 35.0. The molecule has 0 aliphatic carbocycles. The number of aromatic nitrogens is 1. The molecule has 2 unspecified atom stereocenters. The van der Waals surface area contributed by atoms with Gasteiger partial charge in [-0.1, -0.05) is 0 Å². The SMILES string of the molecule is CC1CC(O)(c2cncc(F)c2)CC(C)O1. The Morgan fingerprint density at radius 2 is 2.00 bits per heavy atom. The van der Waals surface area contributed by atoms with Gasteiger partial charge in [0.15, 0.2) is 0 Å². The first-order valence-electron chi connectivity index (χ1n) is 5.48. The fourth-order valence-corrected chi connectivity index (χ4v) is 2.43. The van der Waals surface area contributed by atoms with Gasteiger partial charge in [-0.05, 0) is 19.9 Å². The molecule has 88 valence electrons. The molecule has 2 rings (SSSR count). The van der Waals surface area contributed by atoms with Crippen molar-refractivity contribution in [3.63, 3.8) is 0 Å². The summed E-state index contributed by atoms with van der Waals surface area (Å²) in [6.07, 6.45) is 3.55. The third kappa shape index (κ3) is 2.23. The summed E-state index contributed by atoms with van der Waals surface area (Å²) in [6.45, 7) is 3.82. The molecule has 0 aromatic carbocycles. The Bertz CT molecular complexity index is 373. The van der Waals surface area contributed by atoms with Crippen LogP contribution in [0.25, 0.3) is 0 Å². The lowest BCUT2D eigenvalue weighted by atomic mass is 9.82. The van der Waals surface area contributed by atoms with Crippen molar-refractivity contribution in [2.75, 3.05) is 0 Å². The summed E-state index contributed by atoms with van der Waals surface area (Å²) < 4.78 is 18.6. The van der Waals surface area contributed by atoms with Gasteiger partial charge in [-0.25, -0.2) is 4.39 Å². The van der Waals surface area contributed by atoms with Gasteiger partial charge in [0.2, 0.25) is 0 Å². The van der Waals surface area contributed by atoms with E-state index in [0.717, 1.165) is 6.20 Å². The fourth-order valence-electron chi connectivity index (χ4n) is 2.43. The van der Waals surface area contributed by atoms with E-state index >= 15 is 0 Å². The van der Waals surface area contributed by atoms with Gasteiger partial charge in [-0.2, -0.15) is 0 Å². The summed E-state index contributed by atoms with van der Waals surface area (Å²) >= 11 is 0. The molecular weight excluding hydrogens is 209 g/mol. The molecule has 1 aliphatic rings. The zero-order chi connectivity index (χ0) is 11.8. The third-order valence-corrected chi connectivity index (χ3v) is 2.96. The Morgan fingerprint density at radius 3 is 2.56 bits per heavy atom. The number of halogens is 1. The van der Waals surface area contributed by atoms with Crippen molar-refractivity contribution in [2.45, 2.75) is 44.5 Å². The lowest BCUT2D eigenvalue weighted by molar-refractivity contribution is -0.136. The Labute approximate surface area is 94.3 Å². The smallest absolute Gasteiger partial charge is 0.141 e. The van der Waals surface area contributed by atoms with Crippen molar-refractivity contribution in [1.29, 1.82) is 0 Å². The van der Waals surface area contributed by atoms with Crippen LogP contribution in [-0.2, 0) is 10.3 Å². The van der Waals surface area contributed by atoms with Crippen LogP contribution in [-0.4, -0.2) is 22.3 Å². The van der Waals surface area contributed by atoms with Crippen LogP contribution in [0.3, 0.4) is 0 Å². The summed E-state index contributed by atoms with van der Waals surface area (Å²) in [5.41, 5.74) is -0.485. The number of pyridine rings is 1. The number of nitrogens with zero attached hydrogens (tertiary/aromatic N) is 1. The van der Waals surface area contributed by atoms with Crippen molar-refractivity contribution >= 4 is 0 Å².